The average molecular weight is 232 g/mol. The van der Waals surface area contributed by atoms with Gasteiger partial charge in [-0.3, -0.25) is 4.79 Å². The van der Waals surface area contributed by atoms with Crippen molar-refractivity contribution in [3.05, 3.63) is 0 Å². The second kappa shape index (κ2) is 7.09. The van der Waals surface area contributed by atoms with Crippen molar-refractivity contribution in [2.75, 3.05) is 25.2 Å². The van der Waals surface area contributed by atoms with Gasteiger partial charge in [-0.1, -0.05) is 0 Å². The lowest BCUT2D eigenvalue weighted by atomic mass is 10.2. The summed E-state index contributed by atoms with van der Waals surface area (Å²) in [5.74, 6) is 0.869. The van der Waals surface area contributed by atoms with Crippen molar-refractivity contribution in [1.29, 1.82) is 0 Å². The quantitative estimate of drug-likeness (QED) is 0.694. The van der Waals surface area contributed by atoms with E-state index in [-0.39, 0.29) is 18.1 Å². The first-order valence-corrected chi connectivity index (χ1v) is 6.77. The van der Waals surface area contributed by atoms with E-state index in [1.165, 1.54) is 0 Å². The number of rotatable bonds is 6. The summed E-state index contributed by atoms with van der Waals surface area (Å²) in [6.07, 6.45) is 5.08. The number of hydrogen-bond donors (Lipinski definition) is 2. The van der Waals surface area contributed by atoms with E-state index in [2.05, 4.69) is 5.32 Å². The summed E-state index contributed by atoms with van der Waals surface area (Å²) in [5.41, 5.74) is 5.72. The molecule has 5 heteroatoms. The Kier molecular flexibility index (Phi) is 6.05. The Morgan fingerprint density at radius 3 is 3.13 bits per heavy atom. The molecule has 0 aromatic rings. The average Bonchev–Trinajstić information content (AvgIpc) is 2.75. The Morgan fingerprint density at radius 1 is 1.73 bits per heavy atom. The Morgan fingerprint density at radius 2 is 2.53 bits per heavy atom. The summed E-state index contributed by atoms with van der Waals surface area (Å²) >= 11 is 1.71. The maximum absolute atomic E-state index is 11.5. The Labute approximate surface area is 95.3 Å². The van der Waals surface area contributed by atoms with Crippen LogP contribution in [0.25, 0.3) is 0 Å². The fourth-order valence-corrected chi connectivity index (χ4v) is 2.02. The standard InChI is InChI=1S/C10H20N2O2S/c1-15-6-4-9(11)10(13)12-7-8-3-2-5-14-8/h8-9H,2-7,11H2,1H3,(H,12,13)/t8-,9-/m0/s1. The minimum atomic E-state index is -0.376. The van der Waals surface area contributed by atoms with Crippen LogP contribution in [0.4, 0.5) is 0 Å². The molecule has 0 unspecified atom stereocenters. The number of nitrogens with one attached hydrogen (secondary N) is 1. The fraction of sp³-hybridized carbons (Fsp3) is 0.900. The first-order valence-electron chi connectivity index (χ1n) is 5.38. The molecule has 1 aliphatic heterocycles. The monoisotopic (exact) mass is 232 g/mol. The van der Waals surface area contributed by atoms with E-state index in [1.807, 2.05) is 6.26 Å². The molecule has 0 spiro atoms. The number of carbonyl (C=O) groups excluding carboxylic acids is 1. The third-order valence-electron chi connectivity index (χ3n) is 2.50. The predicted octanol–water partition coefficient (Wildman–Crippen LogP) is 0.362. The predicted molar refractivity (Wildman–Crippen MR) is 63.0 cm³/mol. The molecule has 0 radical (unpaired) electrons. The lowest BCUT2D eigenvalue weighted by Gasteiger charge is -2.14. The summed E-state index contributed by atoms with van der Waals surface area (Å²) in [4.78, 5) is 11.5. The van der Waals surface area contributed by atoms with Gasteiger partial charge in [-0.05, 0) is 31.3 Å². The van der Waals surface area contributed by atoms with Gasteiger partial charge >= 0.3 is 0 Å². The Balaban J connectivity index is 2.11. The van der Waals surface area contributed by atoms with Gasteiger partial charge in [0.15, 0.2) is 0 Å². The minimum absolute atomic E-state index is 0.0560. The van der Waals surface area contributed by atoms with E-state index in [0.717, 1.165) is 31.6 Å². The number of amides is 1. The number of nitrogens with two attached hydrogens (primary N) is 1. The highest BCUT2D eigenvalue weighted by atomic mass is 32.2. The second-order valence-corrected chi connectivity index (χ2v) is 4.75. The topological polar surface area (TPSA) is 64.4 Å². The molecular weight excluding hydrogens is 212 g/mol. The molecule has 1 rings (SSSR count). The molecule has 88 valence electrons. The summed E-state index contributed by atoms with van der Waals surface area (Å²) in [6, 6.07) is -0.376. The Bertz CT molecular complexity index is 196. The molecule has 0 aromatic heterocycles. The molecule has 2 atom stereocenters. The molecule has 0 aromatic carbocycles. The number of hydrogen-bond acceptors (Lipinski definition) is 4. The van der Waals surface area contributed by atoms with Crippen molar-refractivity contribution >= 4 is 17.7 Å². The fourth-order valence-electron chi connectivity index (χ4n) is 1.53. The van der Waals surface area contributed by atoms with E-state index in [9.17, 15) is 4.79 Å². The van der Waals surface area contributed by atoms with Gasteiger partial charge in [0.05, 0.1) is 12.1 Å². The van der Waals surface area contributed by atoms with Gasteiger partial charge in [0.1, 0.15) is 0 Å². The van der Waals surface area contributed by atoms with E-state index in [0.29, 0.717) is 6.54 Å². The minimum Gasteiger partial charge on any atom is -0.376 e. The molecule has 0 bridgehead atoms. The lowest BCUT2D eigenvalue weighted by Crippen LogP contribution is -2.43. The van der Waals surface area contributed by atoms with Crippen LogP contribution in [-0.4, -0.2) is 43.2 Å². The van der Waals surface area contributed by atoms with Crippen molar-refractivity contribution in [3.8, 4) is 0 Å². The molecule has 1 fully saturated rings. The van der Waals surface area contributed by atoms with Gasteiger partial charge in [-0.25, -0.2) is 0 Å². The maximum Gasteiger partial charge on any atom is 0.237 e. The van der Waals surface area contributed by atoms with Gasteiger partial charge in [0.25, 0.3) is 0 Å². The molecule has 15 heavy (non-hydrogen) atoms. The smallest absolute Gasteiger partial charge is 0.237 e. The molecule has 4 nitrogen and oxygen atoms in total. The molecule has 1 heterocycles. The van der Waals surface area contributed by atoms with Crippen molar-refractivity contribution in [2.24, 2.45) is 5.73 Å². The van der Waals surface area contributed by atoms with Gasteiger partial charge < -0.3 is 15.8 Å². The van der Waals surface area contributed by atoms with E-state index >= 15 is 0 Å². The highest BCUT2D eigenvalue weighted by Gasteiger charge is 2.18. The van der Waals surface area contributed by atoms with Crippen LogP contribution in [-0.2, 0) is 9.53 Å². The van der Waals surface area contributed by atoms with Crippen LogP contribution in [0.15, 0.2) is 0 Å². The summed E-state index contributed by atoms with van der Waals surface area (Å²) in [7, 11) is 0. The zero-order valence-electron chi connectivity index (χ0n) is 9.20. The number of carbonyl (C=O) groups is 1. The molecule has 0 saturated carbocycles. The summed E-state index contributed by atoms with van der Waals surface area (Å²) < 4.78 is 5.40. The molecule has 0 aliphatic carbocycles. The Hall–Kier alpha value is -0.260. The summed E-state index contributed by atoms with van der Waals surface area (Å²) in [5, 5.41) is 2.84. The third-order valence-corrected chi connectivity index (χ3v) is 3.14. The van der Waals surface area contributed by atoms with E-state index < -0.39 is 0 Å². The molecule has 1 saturated heterocycles. The number of thioether (sulfide) groups is 1. The number of ether oxygens (including phenoxy) is 1. The highest BCUT2D eigenvalue weighted by molar-refractivity contribution is 7.98. The van der Waals surface area contributed by atoms with Crippen LogP contribution in [0.3, 0.4) is 0 Å². The van der Waals surface area contributed by atoms with Crippen LogP contribution in [0, 0.1) is 0 Å². The molecule has 1 amide bonds. The van der Waals surface area contributed by atoms with Gasteiger partial charge in [-0.2, -0.15) is 11.8 Å². The lowest BCUT2D eigenvalue weighted by molar-refractivity contribution is -0.122. The molecular formula is C10H20N2O2S. The van der Waals surface area contributed by atoms with Crippen LogP contribution >= 0.6 is 11.8 Å². The van der Waals surface area contributed by atoms with Crippen LogP contribution < -0.4 is 11.1 Å². The largest absolute Gasteiger partial charge is 0.376 e. The van der Waals surface area contributed by atoms with Gasteiger partial charge in [-0.15, -0.1) is 0 Å². The zero-order valence-corrected chi connectivity index (χ0v) is 10.0. The van der Waals surface area contributed by atoms with Crippen molar-refractivity contribution < 1.29 is 9.53 Å². The van der Waals surface area contributed by atoms with Crippen LogP contribution in [0.1, 0.15) is 19.3 Å². The first-order chi connectivity index (χ1) is 7.24. The second-order valence-electron chi connectivity index (χ2n) is 3.77. The van der Waals surface area contributed by atoms with Crippen molar-refractivity contribution in [2.45, 2.75) is 31.4 Å². The third kappa shape index (κ3) is 4.86. The SMILES string of the molecule is CSCC[C@H](N)C(=O)NC[C@@H]1CCCO1. The van der Waals surface area contributed by atoms with E-state index in [1.54, 1.807) is 11.8 Å². The van der Waals surface area contributed by atoms with Crippen molar-refractivity contribution in [3.63, 3.8) is 0 Å². The summed E-state index contributed by atoms with van der Waals surface area (Å²) in [6.45, 7) is 1.42. The molecule has 3 N–H and O–H groups in total. The van der Waals surface area contributed by atoms with Crippen LogP contribution in [0.5, 0.6) is 0 Å². The highest BCUT2D eigenvalue weighted by Crippen LogP contribution is 2.10. The molecule has 1 aliphatic rings. The maximum atomic E-state index is 11.5. The normalized spacial score (nSPS) is 22.7. The first kappa shape index (κ1) is 12.8. The van der Waals surface area contributed by atoms with E-state index in [4.69, 9.17) is 10.5 Å². The van der Waals surface area contributed by atoms with Gasteiger partial charge in [0, 0.05) is 13.2 Å². The van der Waals surface area contributed by atoms with Crippen LogP contribution in [0.2, 0.25) is 0 Å². The van der Waals surface area contributed by atoms with Gasteiger partial charge in [0.2, 0.25) is 5.91 Å². The zero-order chi connectivity index (χ0) is 11.1. The van der Waals surface area contributed by atoms with Crippen molar-refractivity contribution in [1.82, 2.24) is 5.32 Å².